The highest BCUT2D eigenvalue weighted by atomic mass is 32.2. The topological polar surface area (TPSA) is 77.5 Å². The first kappa shape index (κ1) is 23.4. The van der Waals surface area contributed by atoms with Crippen molar-refractivity contribution in [1.29, 1.82) is 5.41 Å². The molecule has 0 unspecified atom stereocenters. The highest BCUT2D eigenvalue weighted by Gasteiger charge is 2.20. The summed E-state index contributed by atoms with van der Waals surface area (Å²) in [5.41, 5.74) is 4.55. The highest BCUT2D eigenvalue weighted by Crippen LogP contribution is 2.37. The van der Waals surface area contributed by atoms with Gasteiger partial charge in [0.25, 0.3) is 5.91 Å². The van der Waals surface area contributed by atoms with Gasteiger partial charge in [-0.3, -0.25) is 4.79 Å². The monoisotopic (exact) mass is 472 g/mol. The Balaban J connectivity index is 1.50. The van der Waals surface area contributed by atoms with E-state index in [9.17, 15) is 4.79 Å². The number of ether oxygens (including phenoxy) is 1. The van der Waals surface area contributed by atoms with Crippen molar-refractivity contribution < 1.29 is 9.53 Å². The summed E-state index contributed by atoms with van der Waals surface area (Å²) in [5, 5.41) is 13.3. The van der Waals surface area contributed by atoms with Gasteiger partial charge in [0.05, 0.1) is 12.3 Å². The number of fused-ring (bicyclic) bond motifs is 1. The number of benzene rings is 3. The first-order valence-corrected chi connectivity index (χ1v) is 12.4. The number of carbonyl (C=O) groups excluding carboxylic acids is 1. The van der Waals surface area contributed by atoms with E-state index in [2.05, 4.69) is 39.8 Å². The van der Waals surface area contributed by atoms with Gasteiger partial charge in [-0.25, -0.2) is 0 Å². The van der Waals surface area contributed by atoms with Gasteiger partial charge in [0.1, 0.15) is 5.75 Å². The minimum absolute atomic E-state index is 0.125. The van der Waals surface area contributed by atoms with E-state index in [1.807, 2.05) is 48.7 Å². The fourth-order valence-corrected chi connectivity index (χ4v) is 4.18. The number of thioether (sulfide) groups is 1. The zero-order valence-corrected chi connectivity index (χ0v) is 19.9. The number of hydrogen-bond donors (Lipinski definition) is 3. The lowest BCUT2D eigenvalue weighted by atomic mass is 10.1. The van der Waals surface area contributed by atoms with Gasteiger partial charge < -0.3 is 25.7 Å². The molecule has 3 aromatic carbocycles. The Morgan fingerprint density at radius 3 is 2.79 bits per heavy atom. The van der Waals surface area contributed by atoms with Gasteiger partial charge in [0, 0.05) is 47.3 Å². The first-order chi connectivity index (χ1) is 16.7. The van der Waals surface area contributed by atoms with Crippen LogP contribution >= 0.6 is 11.8 Å². The van der Waals surface area contributed by atoms with Crippen molar-refractivity contribution in [2.45, 2.75) is 17.9 Å². The Bertz CT molecular complexity index is 1180. The van der Waals surface area contributed by atoms with E-state index in [-0.39, 0.29) is 5.91 Å². The molecular formula is C27H28N4O2S. The molecule has 3 N–H and O–H groups in total. The van der Waals surface area contributed by atoms with Crippen molar-refractivity contribution in [2.75, 3.05) is 29.6 Å². The van der Waals surface area contributed by atoms with Crippen LogP contribution in [-0.4, -0.2) is 31.5 Å². The van der Waals surface area contributed by atoms with E-state index < -0.39 is 0 Å². The van der Waals surface area contributed by atoms with E-state index in [1.54, 1.807) is 24.0 Å². The normalized spacial score (nSPS) is 13.0. The molecule has 0 atom stereocenters. The van der Waals surface area contributed by atoms with Gasteiger partial charge in [-0.15, -0.1) is 11.8 Å². The number of nitrogens with zero attached hydrogens (tertiary/aromatic N) is 1. The fourth-order valence-electron chi connectivity index (χ4n) is 3.77. The molecule has 3 aromatic rings. The molecule has 174 valence electrons. The van der Waals surface area contributed by atoms with Gasteiger partial charge in [0.15, 0.2) is 0 Å². The molecule has 6 nitrogen and oxygen atoms in total. The molecule has 0 saturated carbocycles. The molecule has 0 fully saturated rings. The molecule has 34 heavy (non-hydrogen) atoms. The molecule has 0 aliphatic carbocycles. The van der Waals surface area contributed by atoms with Crippen molar-refractivity contribution in [2.24, 2.45) is 0 Å². The molecule has 1 aliphatic rings. The Hall–Kier alpha value is -3.71. The van der Waals surface area contributed by atoms with E-state index in [0.29, 0.717) is 24.5 Å². The van der Waals surface area contributed by atoms with Crippen LogP contribution in [0.5, 0.6) is 5.75 Å². The minimum atomic E-state index is -0.125. The van der Waals surface area contributed by atoms with Gasteiger partial charge in [-0.05, 0) is 72.8 Å². The maximum atomic E-state index is 12.8. The first-order valence-electron chi connectivity index (χ1n) is 11.2. The second-order valence-electron chi connectivity index (χ2n) is 7.79. The van der Waals surface area contributed by atoms with Crippen molar-refractivity contribution in [3.8, 4) is 5.75 Å². The van der Waals surface area contributed by atoms with Crippen LogP contribution in [0.25, 0.3) is 0 Å². The number of hydrogen-bond acceptors (Lipinski definition) is 6. The summed E-state index contributed by atoms with van der Waals surface area (Å²) in [4.78, 5) is 16.2. The Labute approximate surface area is 204 Å². The van der Waals surface area contributed by atoms with Crippen LogP contribution in [0.3, 0.4) is 0 Å². The van der Waals surface area contributed by atoms with Gasteiger partial charge in [0.2, 0.25) is 0 Å². The van der Waals surface area contributed by atoms with Crippen LogP contribution < -0.4 is 20.3 Å². The van der Waals surface area contributed by atoms with Crippen molar-refractivity contribution >= 4 is 40.9 Å². The third-order valence-electron chi connectivity index (χ3n) is 5.51. The highest BCUT2D eigenvalue weighted by molar-refractivity contribution is 7.98. The smallest absolute Gasteiger partial charge is 0.251 e. The molecule has 0 aromatic heterocycles. The van der Waals surface area contributed by atoms with Crippen molar-refractivity contribution in [3.05, 3.63) is 90.1 Å². The molecular weight excluding hydrogens is 444 g/mol. The van der Waals surface area contributed by atoms with Gasteiger partial charge in [-0.2, -0.15) is 0 Å². The number of allylic oxidation sites excluding steroid dienone is 1. The minimum Gasteiger partial charge on any atom is -0.491 e. The standard InChI is InChI=1S/C27H28N4O2S/c1-34-24-10-7-20(8-11-24)19-30-27(32)21-9-12-25-26(17-21)33-16-4-15-31(25)23-6-2-5-22(18-23)29-14-3-13-28/h2-3,5-14,17-18,28-29H,4,15-16,19H2,1H3,(H,30,32)/b14-3-,28-13?. The average molecular weight is 473 g/mol. The quantitative estimate of drug-likeness (QED) is 0.284. The van der Waals surface area contributed by atoms with Crippen LogP contribution in [-0.2, 0) is 6.54 Å². The fraction of sp³-hybridized carbons (Fsp3) is 0.185. The molecule has 0 spiro atoms. The van der Waals surface area contributed by atoms with E-state index in [0.717, 1.165) is 35.6 Å². The van der Waals surface area contributed by atoms with Crippen LogP contribution in [0.15, 0.2) is 83.9 Å². The van der Waals surface area contributed by atoms with Crippen molar-refractivity contribution in [1.82, 2.24) is 5.32 Å². The summed E-state index contributed by atoms with van der Waals surface area (Å²) < 4.78 is 6.01. The molecule has 1 amide bonds. The lowest BCUT2D eigenvalue weighted by Crippen LogP contribution is -2.23. The Morgan fingerprint density at radius 1 is 1.15 bits per heavy atom. The maximum Gasteiger partial charge on any atom is 0.251 e. The summed E-state index contributed by atoms with van der Waals surface area (Å²) >= 11 is 1.70. The summed E-state index contributed by atoms with van der Waals surface area (Å²) in [6.07, 6.45) is 7.51. The number of carbonyl (C=O) groups is 1. The largest absolute Gasteiger partial charge is 0.491 e. The molecule has 0 bridgehead atoms. The molecule has 0 saturated heterocycles. The molecule has 1 aliphatic heterocycles. The van der Waals surface area contributed by atoms with E-state index >= 15 is 0 Å². The number of anilines is 3. The maximum absolute atomic E-state index is 12.8. The third kappa shape index (κ3) is 5.80. The predicted octanol–water partition coefficient (Wildman–Crippen LogP) is 5.83. The third-order valence-corrected chi connectivity index (χ3v) is 6.25. The van der Waals surface area contributed by atoms with Crippen LogP contribution in [0.1, 0.15) is 22.3 Å². The molecule has 4 rings (SSSR count). The van der Waals surface area contributed by atoms with E-state index in [1.165, 1.54) is 11.1 Å². The Morgan fingerprint density at radius 2 is 2.00 bits per heavy atom. The predicted molar refractivity (Wildman–Crippen MR) is 141 cm³/mol. The van der Waals surface area contributed by atoms with Crippen molar-refractivity contribution in [3.63, 3.8) is 0 Å². The van der Waals surface area contributed by atoms with Crippen LogP contribution in [0.2, 0.25) is 0 Å². The van der Waals surface area contributed by atoms with Crippen LogP contribution in [0.4, 0.5) is 17.1 Å². The zero-order valence-electron chi connectivity index (χ0n) is 19.1. The summed E-state index contributed by atoms with van der Waals surface area (Å²) in [6.45, 7) is 1.88. The summed E-state index contributed by atoms with van der Waals surface area (Å²) in [5.74, 6) is 0.580. The van der Waals surface area contributed by atoms with E-state index in [4.69, 9.17) is 10.1 Å². The number of nitrogens with one attached hydrogen (secondary N) is 3. The SMILES string of the molecule is CSc1ccc(CNC(=O)c2ccc3c(c2)OCCCN3c2cccc(N/C=C\C=N)c2)cc1. The lowest BCUT2D eigenvalue weighted by Gasteiger charge is -2.24. The average Bonchev–Trinajstić information content (AvgIpc) is 3.10. The Kier molecular flexibility index (Phi) is 7.88. The summed E-state index contributed by atoms with van der Waals surface area (Å²) in [6, 6.07) is 21.9. The molecule has 7 heteroatoms. The zero-order chi connectivity index (χ0) is 23.8. The number of rotatable bonds is 8. The molecule has 0 radical (unpaired) electrons. The number of amides is 1. The summed E-state index contributed by atoms with van der Waals surface area (Å²) in [7, 11) is 0. The second-order valence-corrected chi connectivity index (χ2v) is 8.67. The van der Waals surface area contributed by atoms with Gasteiger partial charge >= 0.3 is 0 Å². The lowest BCUT2D eigenvalue weighted by molar-refractivity contribution is 0.0950. The second kappa shape index (κ2) is 11.4. The van der Waals surface area contributed by atoms with Crippen LogP contribution in [0, 0.1) is 5.41 Å². The van der Waals surface area contributed by atoms with Gasteiger partial charge in [-0.1, -0.05) is 18.2 Å². The molecule has 1 heterocycles.